The zero-order chi connectivity index (χ0) is 5.15. The average Bonchev–Trinajstić information content (AvgIpc) is 1.36. The fraction of sp³-hybridized carbons (Fsp3) is 0.250. The summed E-state index contributed by atoms with van der Waals surface area (Å²) < 4.78 is 0. The molecule has 0 heterocycles. The topological polar surface area (TPSA) is 37.3 Å². The van der Waals surface area contributed by atoms with E-state index in [1.54, 1.807) is 0 Å². The van der Waals surface area contributed by atoms with Crippen molar-refractivity contribution in [1.82, 2.24) is 0 Å². The molecule has 0 amide bonds. The fourth-order valence-corrected chi connectivity index (χ4v) is 0. The van der Waals surface area contributed by atoms with Crippen LogP contribution >= 0.6 is 0 Å². The molecule has 1 N–H and O–H groups in total. The van der Waals surface area contributed by atoms with E-state index in [0.29, 0.717) is 0 Å². The molecule has 36 valence electrons. The molecule has 0 aromatic carbocycles. The monoisotopic (exact) mass is 94.1 g/mol. The van der Waals surface area contributed by atoms with Crippen molar-refractivity contribution < 1.29 is 9.90 Å². The third kappa shape index (κ3) is 5.81. The van der Waals surface area contributed by atoms with Crippen LogP contribution in [0.2, 0.25) is 0 Å². The van der Waals surface area contributed by atoms with Gasteiger partial charge in [0.1, 0.15) is 0 Å². The summed E-state index contributed by atoms with van der Waals surface area (Å²) in [4.78, 5) is 9.60. The van der Waals surface area contributed by atoms with Gasteiger partial charge in [-0.25, -0.2) is 4.79 Å². The molecule has 7 heavy (non-hydrogen) atoms. The molecule has 0 saturated carbocycles. The fourth-order valence-electron chi connectivity index (χ4n) is 0. The molecule has 0 atom stereocenters. The van der Waals surface area contributed by atoms with Crippen LogP contribution in [-0.2, 0) is 4.79 Å². The minimum absolute atomic E-state index is 0. The van der Waals surface area contributed by atoms with Crippen molar-refractivity contribution in [3.63, 3.8) is 0 Å². The zero-order valence-corrected chi connectivity index (χ0v) is 3.56. The van der Waals surface area contributed by atoms with E-state index in [4.69, 9.17) is 5.11 Å². The number of carbonyl (C=O) groups is 1. The van der Waals surface area contributed by atoms with E-state index in [0.717, 1.165) is 0 Å². The number of carboxylic acid groups (broad SMARTS) is 1. The van der Waals surface area contributed by atoms with Crippen LogP contribution in [0.15, 0.2) is 12.2 Å². The van der Waals surface area contributed by atoms with Gasteiger partial charge in [0, 0.05) is 5.57 Å². The van der Waals surface area contributed by atoms with E-state index in [2.05, 4.69) is 6.58 Å². The van der Waals surface area contributed by atoms with Crippen molar-refractivity contribution in [2.24, 2.45) is 0 Å². The van der Waals surface area contributed by atoms with Gasteiger partial charge >= 0.3 is 24.8 Å². The second-order valence-electron chi connectivity index (χ2n) is 1.09. The van der Waals surface area contributed by atoms with Crippen molar-refractivity contribution >= 4 is 24.8 Å². The van der Waals surface area contributed by atoms with E-state index in [9.17, 15) is 4.79 Å². The number of aliphatic carboxylic acids is 1. The summed E-state index contributed by atoms with van der Waals surface area (Å²) in [6.45, 7) is 4.60. The quantitative estimate of drug-likeness (QED) is 0.366. The van der Waals surface area contributed by atoms with Crippen LogP contribution in [0.3, 0.4) is 0 Å². The summed E-state index contributed by atoms with van der Waals surface area (Å²) in [5.41, 5.74) is 0.176. The van der Waals surface area contributed by atoms with Gasteiger partial charge in [0.15, 0.2) is 0 Å². The molecule has 0 aliphatic rings. The molecule has 0 radical (unpaired) electrons. The summed E-state index contributed by atoms with van der Waals surface area (Å²) in [6, 6.07) is 0. The maximum absolute atomic E-state index is 9.60. The van der Waals surface area contributed by atoms with E-state index >= 15 is 0 Å². The first-order chi connectivity index (χ1) is 2.64. The number of rotatable bonds is 1. The van der Waals surface area contributed by atoms with Crippen molar-refractivity contribution in [3.05, 3.63) is 12.2 Å². The van der Waals surface area contributed by atoms with E-state index in [1.165, 1.54) is 6.92 Å². The molecule has 0 unspecified atom stereocenters. The Hall–Kier alpha value is -0.193. The van der Waals surface area contributed by atoms with Crippen LogP contribution in [0.25, 0.3) is 0 Å². The maximum atomic E-state index is 9.60. The Morgan fingerprint density at radius 3 is 1.86 bits per heavy atom. The van der Waals surface area contributed by atoms with Gasteiger partial charge in [-0.3, -0.25) is 0 Å². The molecule has 0 aliphatic carbocycles. The molecule has 0 aliphatic heterocycles. The Balaban J connectivity index is 0. The van der Waals surface area contributed by atoms with Crippen LogP contribution in [-0.4, -0.2) is 29.9 Å². The van der Waals surface area contributed by atoms with E-state index in [-0.39, 0.29) is 24.4 Å². The first-order valence-electron chi connectivity index (χ1n) is 1.53. The molecule has 3 heteroatoms. The predicted molar refractivity (Wildman–Crippen MR) is 29.6 cm³/mol. The Kier molecular flexibility index (Phi) is 5.65. The van der Waals surface area contributed by atoms with Gasteiger partial charge in [0.25, 0.3) is 0 Å². The molecular formula is C4H7LiO2. The van der Waals surface area contributed by atoms with Gasteiger partial charge < -0.3 is 5.11 Å². The van der Waals surface area contributed by atoms with Gasteiger partial charge in [-0.1, -0.05) is 6.58 Å². The van der Waals surface area contributed by atoms with E-state index < -0.39 is 5.97 Å². The Morgan fingerprint density at radius 2 is 1.86 bits per heavy atom. The van der Waals surface area contributed by atoms with Crippen LogP contribution in [0.1, 0.15) is 6.92 Å². The van der Waals surface area contributed by atoms with Crippen molar-refractivity contribution in [1.29, 1.82) is 0 Å². The zero-order valence-electron chi connectivity index (χ0n) is 3.56. The molecule has 0 aromatic heterocycles. The molecule has 2 nitrogen and oxygen atoms in total. The summed E-state index contributed by atoms with van der Waals surface area (Å²) >= 11 is 0. The first-order valence-corrected chi connectivity index (χ1v) is 1.53. The molecule has 0 bridgehead atoms. The molecule has 0 aromatic rings. The molecule has 0 spiro atoms. The summed E-state index contributed by atoms with van der Waals surface area (Å²) in [6.07, 6.45) is 0. The predicted octanol–water partition coefficient (Wildman–Crippen LogP) is -0.00140. The third-order valence-electron chi connectivity index (χ3n) is 0.365. The molecular weight excluding hydrogens is 87.0 g/mol. The van der Waals surface area contributed by atoms with Crippen LogP contribution in [0.4, 0.5) is 0 Å². The Morgan fingerprint density at radius 1 is 1.71 bits per heavy atom. The van der Waals surface area contributed by atoms with Gasteiger partial charge in [0.2, 0.25) is 0 Å². The number of carboxylic acids is 1. The summed E-state index contributed by atoms with van der Waals surface area (Å²) in [7, 11) is 0. The number of hydrogen-bond donors (Lipinski definition) is 1. The Labute approximate surface area is 54.4 Å². The average molecular weight is 94.0 g/mol. The van der Waals surface area contributed by atoms with E-state index in [1.807, 2.05) is 0 Å². The second kappa shape index (κ2) is 3.98. The first kappa shape index (κ1) is 9.93. The normalized spacial score (nSPS) is 6.43. The van der Waals surface area contributed by atoms with Crippen LogP contribution < -0.4 is 0 Å². The van der Waals surface area contributed by atoms with Crippen LogP contribution in [0.5, 0.6) is 0 Å². The van der Waals surface area contributed by atoms with Gasteiger partial charge in [-0.2, -0.15) is 0 Å². The van der Waals surface area contributed by atoms with Gasteiger partial charge in [0.05, 0.1) is 0 Å². The summed E-state index contributed by atoms with van der Waals surface area (Å²) in [5.74, 6) is -0.935. The van der Waals surface area contributed by atoms with Crippen molar-refractivity contribution in [3.8, 4) is 0 Å². The SMILES string of the molecule is C=C(C)C(=O)O.[LiH]. The second-order valence-corrected chi connectivity index (χ2v) is 1.09. The van der Waals surface area contributed by atoms with Crippen LogP contribution in [0, 0.1) is 0 Å². The molecule has 0 fully saturated rings. The van der Waals surface area contributed by atoms with Gasteiger partial charge in [-0.15, -0.1) is 0 Å². The molecule has 0 rings (SSSR count). The molecule has 0 saturated heterocycles. The Bertz CT molecular complexity index is 75.7. The standard InChI is InChI=1S/C4H6O2.Li.H/c1-3(2)4(5)6;;/h1H2,2H3,(H,5,6);;. The minimum atomic E-state index is -0.935. The van der Waals surface area contributed by atoms with Crippen molar-refractivity contribution in [2.75, 3.05) is 0 Å². The third-order valence-corrected chi connectivity index (χ3v) is 0.365. The summed E-state index contributed by atoms with van der Waals surface area (Å²) in [5, 5.41) is 7.89. The van der Waals surface area contributed by atoms with Crippen molar-refractivity contribution in [2.45, 2.75) is 6.92 Å². The number of hydrogen-bond acceptors (Lipinski definition) is 1. The van der Waals surface area contributed by atoms with Gasteiger partial charge in [-0.05, 0) is 6.92 Å².